The molecule has 1 unspecified atom stereocenters. The fourth-order valence-corrected chi connectivity index (χ4v) is 1.05. The third-order valence-electron chi connectivity index (χ3n) is 2.53. The first kappa shape index (κ1) is 16.7. The van der Waals surface area contributed by atoms with Crippen molar-refractivity contribution < 1.29 is 19.1 Å². The van der Waals surface area contributed by atoms with Gasteiger partial charge in [-0.2, -0.15) is 0 Å². The lowest BCUT2D eigenvalue weighted by molar-refractivity contribution is -0.154. The van der Waals surface area contributed by atoms with Crippen LogP contribution in [0.1, 0.15) is 47.0 Å². The second-order valence-corrected chi connectivity index (χ2v) is 4.50. The van der Waals surface area contributed by atoms with Crippen LogP contribution in [0.2, 0.25) is 0 Å². The van der Waals surface area contributed by atoms with E-state index >= 15 is 0 Å². The van der Waals surface area contributed by atoms with E-state index in [1.807, 2.05) is 33.8 Å². The van der Waals surface area contributed by atoms with Gasteiger partial charge in [0.2, 0.25) is 0 Å². The topological polar surface area (TPSA) is 52.6 Å². The monoisotopic (exact) mass is 256 g/mol. The van der Waals surface area contributed by atoms with Crippen molar-refractivity contribution in [1.29, 1.82) is 0 Å². The van der Waals surface area contributed by atoms with E-state index in [2.05, 4.69) is 0 Å². The Morgan fingerprint density at radius 3 is 2.22 bits per heavy atom. The van der Waals surface area contributed by atoms with Gasteiger partial charge in [-0.1, -0.05) is 32.9 Å². The third kappa shape index (κ3) is 8.79. The van der Waals surface area contributed by atoms with E-state index in [-0.39, 0.29) is 43.4 Å². The van der Waals surface area contributed by atoms with Crippen LogP contribution in [0, 0.1) is 5.92 Å². The second-order valence-electron chi connectivity index (χ2n) is 4.50. The van der Waals surface area contributed by atoms with E-state index in [1.165, 1.54) is 0 Å². The summed E-state index contributed by atoms with van der Waals surface area (Å²) in [6.07, 6.45) is 4.65. The molecule has 104 valence electrons. The number of esters is 2. The first-order chi connectivity index (χ1) is 8.47. The van der Waals surface area contributed by atoms with Gasteiger partial charge in [-0.25, -0.2) is 0 Å². The molecule has 0 N–H and O–H groups in total. The van der Waals surface area contributed by atoms with Gasteiger partial charge in [0.1, 0.15) is 12.7 Å². The molecule has 0 aliphatic rings. The van der Waals surface area contributed by atoms with Gasteiger partial charge < -0.3 is 9.47 Å². The summed E-state index contributed by atoms with van der Waals surface area (Å²) >= 11 is 0. The van der Waals surface area contributed by atoms with Gasteiger partial charge >= 0.3 is 11.9 Å². The first-order valence-corrected chi connectivity index (χ1v) is 6.47. The summed E-state index contributed by atoms with van der Waals surface area (Å²) in [5, 5.41) is 0. The predicted octanol–water partition coefficient (Wildman–Crippen LogP) is 2.86. The molecule has 4 heteroatoms. The number of hydrogen-bond acceptors (Lipinski definition) is 4. The van der Waals surface area contributed by atoms with Crippen molar-refractivity contribution in [2.75, 3.05) is 6.61 Å². The van der Waals surface area contributed by atoms with Crippen LogP contribution in [0.3, 0.4) is 0 Å². The third-order valence-corrected chi connectivity index (χ3v) is 2.53. The largest absolute Gasteiger partial charge is 0.462 e. The SMILES string of the molecule is CC/C=C\COC(=O)CCC(=O)OC(C)C(C)C. The van der Waals surface area contributed by atoms with Crippen LogP contribution in [0.5, 0.6) is 0 Å². The molecule has 0 amide bonds. The van der Waals surface area contributed by atoms with Crippen LogP contribution in [-0.4, -0.2) is 24.6 Å². The van der Waals surface area contributed by atoms with E-state index in [0.717, 1.165) is 6.42 Å². The highest BCUT2D eigenvalue weighted by molar-refractivity contribution is 5.77. The molecule has 0 fully saturated rings. The molecule has 0 bridgehead atoms. The average Bonchev–Trinajstić information content (AvgIpc) is 2.32. The zero-order chi connectivity index (χ0) is 14.0. The molecule has 0 aromatic rings. The fraction of sp³-hybridized carbons (Fsp3) is 0.714. The van der Waals surface area contributed by atoms with Crippen molar-refractivity contribution in [3.05, 3.63) is 12.2 Å². The number of carbonyl (C=O) groups excluding carboxylic acids is 2. The average molecular weight is 256 g/mol. The summed E-state index contributed by atoms with van der Waals surface area (Å²) < 4.78 is 10.1. The first-order valence-electron chi connectivity index (χ1n) is 6.47. The van der Waals surface area contributed by atoms with Crippen LogP contribution >= 0.6 is 0 Å². The molecule has 0 heterocycles. The van der Waals surface area contributed by atoms with Gasteiger partial charge in [-0.3, -0.25) is 9.59 Å². The molecular weight excluding hydrogens is 232 g/mol. The smallest absolute Gasteiger partial charge is 0.306 e. The molecule has 0 aromatic heterocycles. The highest BCUT2D eigenvalue weighted by Gasteiger charge is 2.14. The molecule has 18 heavy (non-hydrogen) atoms. The summed E-state index contributed by atoms with van der Waals surface area (Å²) in [6, 6.07) is 0. The van der Waals surface area contributed by atoms with Crippen LogP contribution in [0.15, 0.2) is 12.2 Å². The lowest BCUT2D eigenvalue weighted by atomic mass is 10.1. The highest BCUT2D eigenvalue weighted by Crippen LogP contribution is 2.07. The molecule has 0 spiro atoms. The summed E-state index contributed by atoms with van der Waals surface area (Å²) in [6.45, 7) is 8.07. The number of carbonyl (C=O) groups is 2. The maximum absolute atomic E-state index is 11.4. The zero-order valence-electron chi connectivity index (χ0n) is 11.8. The van der Waals surface area contributed by atoms with Crippen molar-refractivity contribution in [3.8, 4) is 0 Å². The summed E-state index contributed by atoms with van der Waals surface area (Å²) in [5.41, 5.74) is 0. The number of ether oxygens (including phenoxy) is 2. The Labute approximate surface area is 109 Å². The zero-order valence-corrected chi connectivity index (χ0v) is 11.8. The molecular formula is C14H24O4. The molecule has 4 nitrogen and oxygen atoms in total. The molecule has 0 rings (SSSR count). The Morgan fingerprint density at radius 2 is 1.67 bits per heavy atom. The normalized spacial score (nSPS) is 12.7. The number of hydrogen-bond donors (Lipinski definition) is 0. The fourth-order valence-electron chi connectivity index (χ4n) is 1.05. The number of allylic oxidation sites excluding steroid dienone is 1. The van der Waals surface area contributed by atoms with Gasteiger partial charge in [0, 0.05) is 0 Å². The molecule has 1 atom stereocenters. The van der Waals surface area contributed by atoms with Gasteiger partial charge in [0.25, 0.3) is 0 Å². The molecule has 0 saturated heterocycles. The minimum Gasteiger partial charge on any atom is -0.462 e. The minimum atomic E-state index is -0.370. The van der Waals surface area contributed by atoms with Crippen molar-refractivity contribution in [2.24, 2.45) is 5.92 Å². The van der Waals surface area contributed by atoms with Crippen LogP contribution in [-0.2, 0) is 19.1 Å². The van der Waals surface area contributed by atoms with Crippen LogP contribution in [0.25, 0.3) is 0 Å². The van der Waals surface area contributed by atoms with Crippen molar-refractivity contribution >= 4 is 11.9 Å². The predicted molar refractivity (Wildman–Crippen MR) is 70.0 cm³/mol. The molecule has 0 aliphatic carbocycles. The quantitative estimate of drug-likeness (QED) is 0.495. The maximum atomic E-state index is 11.4. The Hall–Kier alpha value is -1.32. The van der Waals surface area contributed by atoms with Gasteiger partial charge in [0.05, 0.1) is 12.8 Å². The maximum Gasteiger partial charge on any atom is 0.306 e. The van der Waals surface area contributed by atoms with Crippen LogP contribution < -0.4 is 0 Å². The van der Waals surface area contributed by atoms with Gasteiger partial charge in [0.15, 0.2) is 0 Å². The summed E-state index contributed by atoms with van der Waals surface area (Å²) in [4.78, 5) is 22.7. The van der Waals surface area contributed by atoms with E-state index in [4.69, 9.17) is 9.47 Å². The second kappa shape index (κ2) is 9.68. The van der Waals surface area contributed by atoms with E-state index in [0.29, 0.717) is 0 Å². The van der Waals surface area contributed by atoms with E-state index in [1.54, 1.807) is 6.08 Å². The van der Waals surface area contributed by atoms with Crippen LogP contribution in [0.4, 0.5) is 0 Å². The lowest BCUT2D eigenvalue weighted by Crippen LogP contribution is -2.20. The number of rotatable bonds is 8. The molecule has 0 aliphatic heterocycles. The Balaban J connectivity index is 3.72. The Bertz CT molecular complexity index is 282. The molecule has 0 saturated carbocycles. The van der Waals surface area contributed by atoms with Gasteiger partial charge in [-0.05, 0) is 19.3 Å². The standard InChI is InChI=1S/C14H24O4/c1-5-6-7-10-17-13(15)8-9-14(16)18-12(4)11(2)3/h6-7,11-12H,5,8-10H2,1-4H3/b7-6-. The van der Waals surface area contributed by atoms with E-state index < -0.39 is 0 Å². The van der Waals surface area contributed by atoms with Crippen molar-refractivity contribution in [1.82, 2.24) is 0 Å². The lowest BCUT2D eigenvalue weighted by Gasteiger charge is -2.16. The molecule has 0 aromatic carbocycles. The highest BCUT2D eigenvalue weighted by atomic mass is 16.5. The molecule has 0 radical (unpaired) electrons. The van der Waals surface area contributed by atoms with Gasteiger partial charge in [-0.15, -0.1) is 0 Å². The van der Waals surface area contributed by atoms with E-state index in [9.17, 15) is 9.59 Å². The van der Waals surface area contributed by atoms with Crippen molar-refractivity contribution in [2.45, 2.75) is 53.1 Å². The Morgan fingerprint density at radius 1 is 1.06 bits per heavy atom. The summed E-state index contributed by atoms with van der Waals surface area (Å²) in [5.74, 6) is -0.442. The van der Waals surface area contributed by atoms with Crippen molar-refractivity contribution in [3.63, 3.8) is 0 Å². The summed E-state index contributed by atoms with van der Waals surface area (Å²) in [7, 11) is 0. The minimum absolute atomic E-state index is 0.0730. The Kier molecular flexibility index (Phi) is 8.97.